The predicted molar refractivity (Wildman–Crippen MR) is 114 cm³/mol. The minimum atomic E-state index is 0.0283. The zero-order chi connectivity index (χ0) is 20.0. The largest absolute Gasteiger partial charge is 0.330 e. The summed E-state index contributed by atoms with van der Waals surface area (Å²) in [5.41, 5.74) is 7.41. The van der Waals surface area contributed by atoms with Crippen molar-refractivity contribution in [2.75, 3.05) is 11.4 Å². The van der Waals surface area contributed by atoms with Crippen molar-refractivity contribution in [1.29, 1.82) is 0 Å². The lowest BCUT2D eigenvalue weighted by atomic mass is 9.97. The van der Waals surface area contributed by atoms with E-state index >= 15 is 0 Å². The van der Waals surface area contributed by atoms with Gasteiger partial charge in [0.15, 0.2) is 0 Å². The Morgan fingerprint density at radius 3 is 2.03 bits per heavy atom. The van der Waals surface area contributed by atoms with Crippen molar-refractivity contribution in [1.82, 2.24) is 4.90 Å². The van der Waals surface area contributed by atoms with Crippen molar-refractivity contribution < 1.29 is 9.59 Å². The summed E-state index contributed by atoms with van der Waals surface area (Å²) >= 11 is 0. The molecule has 2 aliphatic heterocycles. The Bertz CT molecular complexity index is 1090. The summed E-state index contributed by atoms with van der Waals surface area (Å²) in [5.74, 6) is 0.0733. The number of rotatable bonds is 1. The van der Waals surface area contributed by atoms with Crippen LogP contribution in [-0.4, -0.2) is 23.3 Å². The number of benzene rings is 3. The van der Waals surface area contributed by atoms with Crippen LogP contribution in [0.15, 0.2) is 66.7 Å². The summed E-state index contributed by atoms with van der Waals surface area (Å²) < 4.78 is 0. The molecule has 2 aliphatic rings. The molecule has 0 radical (unpaired) electrons. The molecule has 0 saturated carbocycles. The molecule has 0 fully saturated rings. The maximum Gasteiger partial charge on any atom is 0.254 e. The van der Waals surface area contributed by atoms with Gasteiger partial charge >= 0.3 is 0 Å². The molecule has 5 rings (SSSR count). The molecular weight excluding hydrogens is 360 g/mol. The Balaban J connectivity index is 1.51. The van der Waals surface area contributed by atoms with Crippen LogP contribution in [0, 0.1) is 0 Å². The van der Waals surface area contributed by atoms with Crippen LogP contribution in [0.4, 0.5) is 5.69 Å². The molecule has 0 N–H and O–H groups in total. The number of carbonyl (C=O) groups is 2. The van der Waals surface area contributed by atoms with Crippen LogP contribution >= 0.6 is 0 Å². The van der Waals surface area contributed by atoms with E-state index in [0.717, 1.165) is 28.8 Å². The molecule has 3 aromatic carbocycles. The number of hydrogen-bond donors (Lipinski definition) is 0. The standard InChI is InChI=1S/C25H22N2O2/c1-17(28)27-13-12-18-14-19(10-11-24(18)27)25(29)26-15-20-6-2-4-8-22(20)23-9-5-3-7-21(23)16-26/h2-11,14H,12-13,15-16H2,1H3. The lowest BCUT2D eigenvalue weighted by molar-refractivity contribution is -0.116. The van der Waals surface area contributed by atoms with Crippen molar-refractivity contribution in [2.24, 2.45) is 0 Å². The molecule has 4 heteroatoms. The van der Waals surface area contributed by atoms with Crippen molar-refractivity contribution in [3.63, 3.8) is 0 Å². The molecule has 0 aliphatic carbocycles. The predicted octanol–water partition coefficient (Wildman–Crippen LogP) is 4.42. The van der Waals surface area contributed by atoms with Gasteiger partial charge in [-0.05, 0) is 52.4 Å². The Kier molecular flexibility index (Phi) is 4.20. The summed E-state index contributed by atoms with van der Waals surface area (Å²) in [6.45, 7) is 3.44. The van der Waals surface area contributed by atoms with E-state index in [4.69, 9.17) is 0 Å². The Morgan fingerprint density at radius 2 is 1.41 bits per heavy atom. The molecule has 2 amide bonds. The highest BCUT2D eigenvalue weighted by molar-refractivity contribution is 5.98. The lowest BCUT2D eigenvalue weighted by Crippen LogP contribution is -2.29. The van der Waals surface area contributed by atoms with Crippen molar-refractivity contribution in [3.05, 3.63) is 89.0 Å². The average Bonchev–Trinajstić information content (AvgIpc) is 3.09. The summed E-state index contributed by atoms with van der Waals surface area (Å²) in [4.78, 5) is 28.9. The van der Waals surface area contributed by atoms with Gasteiger partial charge in [-0.25, -0.2) is 0 Å². The molecule has 29 heavy (non-hydrogen) atoms. The van der Waals surface area contributed by atoms with E-state index in [1.165, 1.54) is 11.1 Å². The van der Waals surface area contributed by atoms with Gasteiger partial charge in [0.1, 0.15) is 0 Å². The maximum atomic E-state index is 13.4. The molecule has 0 unspecified atom stereocenters. The molecule has 0 saturated heterocycles. The van der Waals surface area contributed by atoms with Crippen molar-refractivity contribution in [2.45, 2.75) is 26.4 Å². The van der Waals surface area contributed by atoms with Crippen molar-refractivity contribution in [3.8, 4) is 11.1 Å². The van der Waals surface area contributed by atoms with Gasteiger partial charge in [-0.2, -0.15) is 0 Å². The zero-order valence-electron chi connectivity index (χ0n) is 16.4. The first-order chi connectivity index (χ1) is 14.1. The quantitative estimate of drug-likeness (QED) is 0.625. The molecule has 2 heterocycles. The minimum absolute atomic E-state index is 0.0283. The van der Waals surface area contributed by atoms with Gasteiger partial charge in [-0.15, -0.1) is 0 Å². The second-order valence-corrected chi connectivity index (χ2v) is 7.74. The summed E-state index contributed by atoms with van der Waals surface area (Å²) in [7, 11) is 0. The van der Waals surface area contributed by atoms with Gasteiger partial charge in [-0.1, -0.05) is 48.5 Å². The molecule has 4 nitrogen and oxygen atoms in total. The van der Waals surface area contributed by atoms with Gasteiger partial charge in [-0.3, -0.25) is 9.59 Å². The van der Waals surface area contributed by atoms with Gasteiger partial charge in [0.25, 0.3) is 5.91 Å². The second kappa shape index (κ2) is 6.89. The van der Waals surface area contributed by atoms with Crippen LogP contribution in [0.25, 0.3) is 11.1 Å². The van der Waals surface area contributed by atoms with Gasteiger partial charge in [0.05, 0.1) is 0 Å². The Labute approximate surface area is 170 Å². The number of fused-ring (bicyclic) bond motifs is 4. The summed E-state index contributed by atoms with van der Waals surface area (Å²) in [5, 5.41) is 0. The number of amides is 2. The van der Waals surface area contributed by atoms with Crippen LogP contribution < -0.4 is 4.90 Å². The SMILES string of the molecule is CC(=O)N1CCc2cc(C(=O)N3Cc4ccccc4-c4ccccc4C3)ccc21. The average molecular weight is 382 g/mol. The fourth-order valence-corrected chi connectivity index (χ4v) is 4.50. The molecule has 3 aromatic rings. The van der Waals surface area contributed by atoms with E-state index in [1.807, 2.05) is 47.4 Å². The van der Waals surface area contributed by atoms with E-state index in [1.54, 1.807) is 11.8 Å². The first-order valence-electron chi connectivity index (χ1n) is 9.98. The molecule has 0 atom stereocenters. The molecular formula is C25H22N2O2. The Morgan fingerprint density at radius 1 is 0.793 bits per heavy atom. The fourth-order valence-electron chi connectivity index (χ4n) is 4.50. The zero-order valence-corrected chi connectivity index (χ0v) is 16.4. The Hall–Kier alpha value is -3.40. The molecule has 144 valence electrons. The second-order valence-electron chi connectivity index (χ2n) is 7.74. The molecule has 0 spiro atoms. The number of hydrogen-bond acceptors (Lipinski definition) is 2. The van der Waals surface area contributed by atoms with Gasteiger partial charge in [0, 0.05) is 37.8 Å². The summed E-state index contributed by atoms with van der Waals surface area (Å²) in [6.07, 6.45) is 0.793. The number of anilines is 1. The summed E-state index contributed by atoms with van der Waals surface area (Å²) in [6, 6.07) is 22.4. The van der Waals surface area contributed by atoms with Crippen LogP contribution in [0.3, 0.4) is 0 Å². The normalized spacial score (nSPS) is 14.7. The topological polar surface area (TPSA) is 40.6 Å². The van der Waals surface area contributed by atoms with E-state index in [-0.39, 0.29) is 11.8 Å². The minimum Gasteiger partial charge on any atom is -0.330 e. The van der Waals surface area contributed by atoms with E-state index in [9.17, 15) is 9.59 Å². The van der Waals surface area contributed by atoms with Gasteiger partial charge < -0.3 is 9.80 Å². The smallest absolute Gasteiger partial charge is 0.254 e. The van der Waals surface area contributed by atoms with Crippen LogP contribution in [0.2, 0.25) is 0 Å². The molecule has 0 aromatic heterocycles. The van der Waals surface area contributed by atoms with Gasteiger partial charge in [0.2, 0.25) is 5.91 Å². The van der Waals surface area contributed by atoms with E-state index < -0.39 is 0 Å². The fraction of sp³-hybridized carbons (Fsp3) is 0.200. The van der Waals surface area contributed by atoms with Crippen LogP contribution in [-0.2, 0) is 24.3 Å². The highest BCUT2D eigenvalue weighted by Crippen LogP contribution is 2.34. The van der Waals surface area contributed by atoms with Crippen molar-refractivity contribution >= 4 is 17.5 Å². The van der Waals surface area contributed by atoms with E-state index in [2.05, 4.69) is 24.3 Å². The molecule has 0 bridgehead atoms. The lowest BCUT2D eigenvalue weighted by Gasteiger charge is -2.22. The third-order valence-electron chi connectivity index (χ3n) is 5.94. The highest BCUT2D eigenvalue weighted by atomic mass is 16.2. The third kappa shape index (κ3) is 3.01. The first-order valence-corrected chi connectivity index (χ1v) is 9.98. The maximum absolute atomic E-state index is 13.4. The van der Waals surface area contributed by atoms with Crippen LogP contribution in [0.5, 0.6) is 0 Å². The number of carbonyl (C=O) groups excluding carboxylic acids is 2. The number of nitrogens with zero attached hydrogens (tertiary/aromatic N) is 2. The monoisotopic (exact) mass is 382 g/mol. The third-order valence-corrected chi connectivity index (χ3v) is 5.94. The highest BCUT2D eigenvalue weighted by Gasteiger charge is 2.26. The van der Waals surface area contributed by atoms with E-state index in [0.29, 0.717) is 25.2 Å². The van der Waals surface area contributed by atoms with Crippen LogP contribution in [0.1, 0.15) is 34.0 Å². The first kappa shape index (κ1) is 17.7.